The molecule has 0 bridgehead atoms. The van der Waals surface area contributed by atoms with Gasteiger partial charge in [0.1, 0.15) is 0 Å². The van der Waals surface area contributed by atoms with Crippen LogP contribution in [-0.4, -0.2) is 49.7 Å². The van der Waals surface area contributed by atoms with E-state index in [-0.39, 0.29) is 0 Å². The molecule has 0 amide bonds. The first kappa shape index (κ1) is 17.4. The normalized spacial score (nSPS) is 14.9. The van der Waals surface area contributed by atoms with Gasteiger partial charge in [-0.3, -0.25) is 0 Å². The molecule has 0 radical (unpaired) electrons. The summed E-state index contributed by atoms with van der Waals surface area (Å²) in [4.78, 5) is 0. The maximum atomic E-state index is 13.0. The number of hydrogen-bond acceptors (Lipinski definition) is 3. The Hall–Kier alpha value is -0.580. The first-order valence-corrected chi connectivity index (χ1v) is 6.22. The molecule has 18 heavy (non-hydrogen) atoms. The Kier molecular flexibility index (Phi) is 5.03. The summed E-state index contributed by atoms with van der Waals surface area (Å²) >= 11 is 0. The summed E-state index contributed by atoms with van der Waals surface area (Å²) in [6.45, 7) is -0.973. The molecule has 0 saturated carbocycles. The van der Waals surface area contributed by atoms with Crippen molar-refractivity contribution >= 4 is 9.84 Å². The van der Waals surface area contributed by atoms with E-state index in [9.17, 15) is 39.2 Å². The number of aliphatic hydroxyl groups excluding tert-OH is 1. The first-order chi connectivity index (χ1) is 7.77. The summed E-state index contributed by atoms with van der Waals surface area (Å²) in [5.41, 5.74) is -5.58. The van der Waals surface area contributed by atoms with Gasteiger partial charge in [0.05, 0.1) is 18.1 Å². The smallest absolute Gasteiger partial charge is 0.395 e. The summed E-state index contributed by atoms with van der Waals surface area (Å²) in [6, 6.07) is 0. The molecule has 0 fully saturated rings. The zero-order valence-electron chi connectivity index (χ0n) is 8.65. The van der Waals surface area contributed by atoms with Crippen molar-refractivity contribution in [3.63, 3.8) is 0 Å². The summed E-state index contributed by atoms with van der Waals surface area (Å²) in [6.07, 6.45) is -14.8. The van der Waals surface area contributed by atoms with Gasteiger partial charge in [0.2, 0.25) is 0 Å². The predicted octanol–water partition coefficient (Wildman–Crippen LogP) is 1.62. The van der Waals surface area contributed by atoms with Crippen molar-refractivity contribution in [3.8, 4) is 0 Å². The van der Waals surface area contributed by atoms with Crippen LogP contribution in [0, 0.1) is 0 Å². The van der Waals surface area contributed by atoms with Gasteiger partial charge in [0.25, 0.3) is 5.67 Å². The van der Waals surface area contributed by atoms with Crippen molar-refractivity contribution in [2.45, 2.75) is 24.4 Å². The van der Waals surface area contributed by atoms with E-state index in [4.69, 9.17) is 5.11 Å². The van der Waals surface area contributed by atoms with E-state index in [0.29, 0.717) is 0 Å². The van der Waals surface area contributed by atoms with E-state index in [2.05, 4.69) is 0 Å². The lowest BCUT2D eigenvalue weighted by Crippen LogP contribution is -2.54. The minimum Gasteiger partial charge on any atom is -0.395 e. The van der Waals surface area contributed by atoms with Crippen LogP contribution in [0.5, 0.6) is 0 Å². The van der Waals surface area contributed by atoms with Crippen LogP contribution in [0.3, 0.4) is 0 Å². The van der Waals surface area contributed by atoms with Crippen molar-refractivity contribution in [2.75, 3.05) is 18.1 Å². The van der Waals surface area contributed by atoms with Gasteiger partial charge in [0, 0.05) is 6.42 Å². The van der Waals surface area contributed by atoms with Crippen molar-refractivity contribution in [1.82, 2.24) is 0 Å². The second-order valence-corrected chi connectivity index (χ2v) is 5.73. The predicted molar refractivity (Wildman–Crippen MR) is 46.3 cm³/mol. The highest BCUT2D eigenvalue weighted by Gasteiger charge is 2.72. The average Bonchev–Trinajstić information content (AvgIpc) is 2.10. The molecule has 0 rings (SSSR count). The summed E-state index contributed by atoms with van der Waals surface area (Å²) in [5.74, 6) is -2.69. The van der Waals surface area contributed by atoms with Crippen LogP contribution in [0.15, 0.2) is 0 Å². The fourth-order valence-electron chi connectivity index (χ4n) is 0.981. The second kappa shape index (κ2) is 5.19. The Balaban J connectivity index is 5.09. The molecule has 0 aromatic carbocycles. The number of halogens is 7. The highest BCUT2D eigenvalue weighted by atomic mass is 32.2. The van der Waals surface area contributed by atoms with Crippen LogP contribution in [-0.2, 0) is 9.84 Å². The topological polar surface area (TPSA) is 54.4 Å². The molecule has 0 aliphatic rings. The van der Waals surface area contributed by atoms with Gasteiger partial charge in [-0.2, -0.15) is 26.3 Å². The van der Waals surface area contributed by atoms with Crippen molar-refractivity contribution in [2.24, 2.45) is 0 Å². The minimum atomic E-state index is -6.26. The zero-order valence-corrected chi connectivity index (χ0v) is 9.46. The van der Waals surface area contributed by atoms with Crippen molar-refractivity contribution in [1.29, 1.82) is 0 Å². The molecular weight excluding hydrogens is 297 g/mol. The van der Waals surface area contributed by atoms with Crippen LogP contribution in [0.4, 0.5) is 30.7 Å². The fraction of sp³-hybridized carbons (Fsp3) is 1.00. The Bertz CT molecular complexity index is 355. The molecule has 1 N–H and O–H groups in total. The van der Waals surface area contributed by atoms with Gasteiger partial charge in [0.15, 0.2) is 9.84 Å². The highest BCUT2D eigenvalue weighted by molar-refractivity contribution is 7.91. The number of aliphatic hydroxyl groups is 1. The quantitative estimate of drug-likeness (QED) is 0.785. The van der Waals surface area contributed by atoms with E-state index in [0.717, 1.165) is 0 Å². The Morgan fingerprint density at radius 1 is 0.833 bits per heavy atom. The third kappa shape index (κ3) is 3.97. The monoisotopic (exact) mass is 306 g/mol. The summed E-state index contributed by atoms with van der Waals surface area (Å²) in [5, 5.41) is 8.23. The molecule has 0 aromatic rings. The van der Waals surface area contributed by atoms with E-state index in [1.165, 1.54) is 0 Å². The van der Waals surface area contributed by atoms with Gasteiger partial charge in [-0.25, -0.2) is 12.8 Å². The maximum Gasteiger partial charge on any atom is 0.431 e. The molecule has 0 aromatic heterocycles. The van der Waals surface area contributed by atoms with E-state index < -0.39 is 52.4 Å². The summed E-state index contributed by atoms with van der Waals surface area (Å²) in [7, 11) is -4.38. The molecule has 0 aliphatic carbocycles. The number of hydrogen-bond donors (Lipinski definition) is 1. The standard InChI is InChI=1S/C7H9F7O3S/c8-5(6(9,10)11,7(12,13)14)1-3-18(16,17)4-2-15/h15H,1-4H2. The third-order valence-corrected chi connectivity index (χ3v) is 3.69. The molecule has 110 valence electrons. The molecule has 0 unspecified atom stereocenters. The van der Waals surface area contributed by atoms with E-state index >= 15 is 0 Å². The van der Waals surface area contributed by atoms with Crippen LogP contribution in [0.25, 0.3) is 0 Å². The van der Waals surface area contributed by atoms with Gasteiger partial charge in [-0.05, 0) is 0 Å². The van der Waals surface area contributed by atoms with Crippen molar-refractivity contribution in [3.05, 3.63) is 0 Å². The van der Waals surface area contributed by atoms with E-state index in [1.54, 1.807) is 0 Å². The molecule has 0 aliphatic heterocycles. The lowest BCUT2D eigenvalue weighted by atomic mass is 10.0. The Morgan fingerprint density at radius 2 is 1.22 bits per heavy atom. The van der Waals surface area contributed by atoms with Crippen LogP contribution >= 0.6 is 0 Å². The number of rotatable bonds is 5. The zero-order chi connectivity index (χ0) is 14.8. The van der Waals surface area contributed by atoms with Crippen LogP contribution in [0.2, 0.25) is 0 Å². The molecule has 0 saturated heterocycles. The molecular formula is C7H9F7O3S. The molecule has 11 heteroatoms. The average molecular weight is 306 g/mol. The number of sulfone groups is 1. The number of alkyl halides is 7. The molecule has 0 atom stereocenters. The fourth-order valence-corrected chi connectivity index (χ4v) is 2.06. The maximum absolute atomic E-state index is 13.0. The highest BCUT2D eigenvalue weighted by Crippen LogP contribution is 2.48. The summed E-state index contributed by atoms with van der Waals surface area (Å²) < 4.78 is 107. The second-order valence-electron chi connectivity index (χ2n) is 3.42. The molecule has 0 spiro atoms. The van der Waals surface area contributed by atoms with Crippen LogP contribution < -0.4 is 0 Å². The van der Waals surface area contributed by atoms with Gasteiger partial charge in [-0.15, -0.1) is 0 Å². The van der Waals surface area contributed by atoms with E-state index in [1.807, 2.05) is 0 Å². The SMILES string of the molecule is O=S(=O)(CCO)CCC(F)(C(F)(F)F)C(F)(F)F. The Labute approximate surface area is 97.5 Å². The minimum absolute atomic E-state index is 0.973. The van der Waals surface area contributed by atoms with Gasteiger partial charge < -0.3 is 5.11 Å². The first-order valence-electron chi connectivity index (χ1n) is 4.40. The van der Waals surface area contributed by atoms with Gasteiger partial charge >= 0.3 is 12.4 Å². The third-order valence-electron chi connectivity index (χ3n) is 2.06. The lowest BCUT2D eigenvalue weighted by Gasteiger charge is -2.29. The lowest BCUT2D eigenvalue weighted by molar-refractivity contribution is -0.341. The Morgan fingerprint density at radius 3 is 1.50 bits per heavy atom. The van der Waals surface area contributed by atoms with Gasteiger partial charge in [-0.1, -0.05) is 0 Å². The largest absolute Gasteiger partial charge is 0.431 e. The molecule has 0 heterocycles. The van der Waals surface area contributed by atoms with Crippen molar-refractivity contribution < 1.29 is 44.3 Å². The van der Waals surface area contributed by atoms with Crippen LogP contribution in [0.1, 0.15) is 6.42 Å². The molecule has 3 nitrogen and oxygen atoms in total.